The van der Waals surface area contributed by atoms with Crippen LogP contribution in [0.4, 0.5) is 10.1 Å². The second kappa shape index (κ2) is 5.20. The fourth-order valence-electron chi connectivity index (χ4n) is 2.58. The molecule has 4 heteroatoms. The average molecular weight is 285 g/mol. The first kappa shape index (κ1) is 13.6. The lowest BCUT2D eigenvalue weighted by atomic mass is 9.96. The maximum Gasteiger partial charge on any atom is 0.338 e. The molecule has 1 saturated carbocycles. The Morgan fingerprint density at radius 2 is 1.90 bits per heavy atom. The Hall–Kier alpha value is -2.36. The number of carbonyl (C=O) groups is 1. The van der Waals surface area contributed by atoms with E-state index in [0.29, 0.717) is 5.69 Å². The maximum absolute atomic E-state index is 13.4. The Balaban J connectivity index is 1.74. The SMILES string of the molecule is O=C(O)c1cc(NCC2(c3ccccc3)CC2)ccc1F. The molecule has 1 aliphatic carbocycles. The molecule has 0 unspecified atom stereocenters. The molecule has 2 N–H and O–H groups in total. The third kappa shape index (κ3) is 2.75. The molecule has 108 valence electrons. The highest BCUT2D eigenvalue weighted by Crippen LogP contribution is 2.48. The van der Waals surface area contributed by atoms with Crippen LogP contribution in [0.15, 0.2) is 48.5 Å². The van der Waals surface area contributed by atoms with Crippen molar-refractivity contribution in [1.29, 1.82) is 0 Å². The van der Waals surface area contributed by atoms with Crippen LogP contribution in [0.1, 0.15) is 28.8 Å². The van der Waals surface area contributed by atoms with Gasteiger partial charge < -0.3 is 10.4 Å². The maximum atomic E-state index is 13.4. The van der Waals surface area contributed by atoms with Gasteiger partial charge in [0.25, 0.3) is 0 Å². The van der Waals surface area contributed by atoms with Gasteiger partial charge in [-0.1, -0.05) is 30.3 Å². The van der Waals surface area contributed by atoms with Crippen molar-refractivity contribution in [2.45, 2.75) is 18.3 Å². The molecule has 3 rings (SSSR count). The predicted octanol–water partition coefficient (Wildman–Crippen LogP) is 3.67. The van der Waals surface area contributed by atoms with Gasteiger partial charge in [-0.2, -0.15) is 0 Å². The van der Waals surface area contributed by atoms with Crippen molar-refractivity contribution in [2.24, 2.45) is 0 Å². The number of anilines is 1. The lowest BCUT2D eigenvalue weighted by Gasteiger charge is -2.17. The van der Waals surface area contributed by atoms with Crippen molar-refractivity contribution in [3.05, 3.63) is 65.5 Å². The normalized spacial score (nSPS) is 15.5. The molecule has 3 nitrogen and oxygen atoms in total. The van der Waals surface area contributed by atoms with Gasteiger partial charge in [0.05, 0.1) is 5.56 Å². The fraction of sp³-hybridized carbons (Fsp3) is 0.235. The van der Waals surface area contributed by atoms with E-state index in [2.05, 4.69) is 17.4 Å². The van der Waals surface area contributed by atoms with Gasteiger partial charge in [-0.05, 0) is 36.6 Å². The molecule has 0 aromatic heterocycles. The summed E-state index contributed by atoms with van der Waals surface area (Å²) in [5.41, 5.74) is 1.75. The van der Waals surface area contributed by atoms with Gasteiger partial charge in [0, 0.05) is 17.6 Å². The Morgan fingerprint density at radius 1 is 1.19 bits per heavy atom. The summed E-state index contributed by atoms with van der Waals surface area (Å²) >= 11 is 0. The van der Waals surface area contributed by atoms with E-state index in [0.717, 1.165) is 19.4 Å². The summed E-state index contributed by atoms with van der Waals surface area (Å²) < 4.78 is 13.4. The fourth-order valence-corrected chi connectivity index (χ4v) is 2.58. The predicted molar refractivity (Wildman–Crippen MR) is 79.2 cm³/mol. The quantitative estimate of drug-likeness (QED) is 0.881. The van der Waals surface area contributed by atoms with E-state index in [1.807, 2.05) is 18.2 Å². The van der Waals surface area contributed by atoms with E-state index in [9.17, 15) is 9.18 Å². The molecular formula is C17H16FNO2. The van der Waals surface area contributed by atoms with Crippen molar-refractivity contribution < 1.29 is 14.3 Å². The summed E-state index contributed by atoms with van der Waals surface area (Å²) in [6.07, 6.45) is 2.22. The molecule has 0 spiro atoms. The van der Waals surface area contributed by atoms with Crippen molar-refractivity contribution >= 4 is 11.7 Å². The van der Waals surface area contributed by atoms with E-state index in [-0.39, 0.29) is 11.0 Å². The topological polar surface area (TPSA) is 49.3 Å². The van der Waals surface area contributed by atoms with Gasteiger partial charge in [0.15, 0.2) is 0 Å². The van der Waals surface area contributed by atoms with Crippen molar-refractivity contribution in [1.82, 2.24) is 0 Å². The number of carboxylic acid groups (broad SMARTS) is 1. The molecule has 0 radical (unpaired) electrons. The molecule has 1 aliphatic rings. The minimum Gasteiger partial charge on any atom is -0.478 e. The molecule has 0 atom stereocenters. The van der Waals surface area contributed by atoms with Gasteiger partial charge in [-0.3, -0.25) is 0 Å². The van der Waals surface area contributed by atoms with Crippen LogP contribution < -0.4 is 5.32 Å². The van der Waals surface area contributed by atoms with Crippen LogP contribution in [-0.4, -0.2) is 17.6 Å². The van der Waals surface area contributed by atoms with E-state index in [4.69, 9.17) is 5.11 Å². The van der Waals surface area contributed by atoms with E-state index in [1.54, 1.807) is 6.07 Å². The Bertz CT molecular complexity index is 666. The van der Waals surface area contributed by atoms with E-state index in [1.165, 1.54) is 17.7 Å². The number of benzene rings is 2. The van der Waals surface area contributed by atoms with Gasteiger partial charge in [0.1, 0.15) is 5.82 Å². The van der Waals surface area contributed by atoms with Crippen molar-refractivity contribution in [3.8, 4) is 0 Å². The van der Waals surface area contributed by atoms with Crippen LogP contribution in [0.2, 0.25) is 0 Å². The van der Waals surface area contributed by atoms with Crippen LogP contribution in [0, 0.1) is 5.82 Å². The van der Waals surface area contributed by atoms with Crippen LogP contribution >= 0.6 is 0 Å². The number of carboxylic acids is 1. The highest BCUT2D eigenvalue weighted by atomic mass is 19.1. The number of aromatic carboxylic acids is 1. The van der Waals surface area contributed by atoms with Gasteiger partial charge in [0.2, 0.25) is 0 Å². The second-order valence-electron chi connectivity index (χ2n) is 5.50. The summed E-state index contributed by atoms with van der Waals surface area (Å²) in [6.45, 7) is 0.724. The lowest BCUT2D eigenvalue weighted by Crippen LogP contribution is -2.19. The first-order valence-electron chi connectivity index (χ1n) is 6.93. The average Bonchev–Trinajstić information content (AvgIpc) is 3.28. The number of rotatable bonds is 5. The Labute approximate surface area is 122 Å². The highest BCUT2D eigenvalue weighted by Gasteiger charge is 2.43. The zero-order chi connectivity index (χ0) is 14.9. The molecule has 2 aromatic rings. The first-order valence-corrected chi connectivity index (χ1v) is 6.93. The lowest BCUT2D eigenvalue weighted by molar-refractivity contribution is 0.0692. The molecular weight excluding hydrogens is 269 g/mol. The van der Waals surface area contributed by atoms with Crippen LogP contribution in [0.5, 0.6) is 0 Å². The standard InChI is InChI=1S/C17H16FNO2/c18-15-7-6-13(10-14(15)16(20)21)19-11-17(8-9-17)12-4-2-1-3-5-12/h1-7,10,19H,8-9,11H2,(H,20,21). The minimum absolute atomic E-state index is 0.124. The molecule has 0 bridgehead atoms. The minimum atomic E-state index is -1.25. The number of hydrogen-bond acceptors (Lipinski definition) is 2. The third-order valence-electron chi connectivity index (χ3n) is 4.07. The number of hydrogen-bond donors (Lipinski definition) is 2. The second-order valence-corrected chi connectivity index (χ2v) is 5.50. The molecule has 21 heavy (non-hydrogen) atoms. The first-order chi connectivity index (χ1) is 10.1. The summed E-state index contributed by atoms with van der Waals surface area (Å²) in [6, 6.07) is 14.4. The monoisotopic (exact) mass is 285 g/mol. The largest absolute Gasteiger partial charge is 0.478 e. The Morgan fingerprint density at radius 3 is 2.52 bits per heavy atom. The van der Waals surface area contributed by atoms with Crippen molar-refractivity contribution in [2.75, 3.05) is 11.9 Å². The van der Waals surface area contributed by atoms with Gasteiger partial charge in [-0.15, -0.1) is 0 Å². The molecule has 1 fully saturated rings. The molecule has 0 amide bonds. The van der Waals surface area contributed by atoms with Gasteiger partial charge >= 0.3 is 5.97 Å². The summed E-state index contributed by atoms with van der Waals surface area (Å²) in [7, 11) is 0. The number of nitrogens with one attached hydrogen (secondary N) is 1. The van der Waals surface area contributed by atoms with Crippen molar-refractivity contribution in [3.63, 3.8) is 0 Å². The van der Waals surface area contributed by atoms with Crippen LogP contribution in [-0.2, 0) is 5.41 Å². The van der Waals surface area contributed by atoms with Gasteiger partial charge in [-0.25, -0.2) is 9.18 Å². The molecule has 2 aromatic carbocycles. The molecule has 0 heterocycles. The van der Waals surface area contributed by atoms with E-state index >= 15 is 0 Å². The molecule has 0 saturated heterocycles. The van der Waals surface area contributed by atoms with E-state index < -0.39 is 11.8 Å². The summed E-state index contributed by atoms with van der Waals surface area (Å²) in [4.78, 5) is 10.9. The summed E-state index contributed by atoms with van der Waals surface area (Å²) in [5, 5.41) is 12.2. The smallest absolute Gasteiger partial charge is 0.338 e. The zero-order valence-corrected chi connectivity index (χ0v) is 11.5. The van der Waals surface area contributed by atoms with Crippen LogP contribution in [0.3, 0.4) is 0 Å². The Kier molecular flexibility index (Phi) is 3.37. The number of halogens is 1. The summed E-state index contributed by atoms with van der Waals surface area (Å²) in [5.74, 6) is -1.96. The van der Waals surface area contributed by atoms with Crippen LogP contribution in [0.25, 0.3) is 0 Å². The molecule has 0 aliphatic heterocycles. The zero-order valence-electron chi connectivity index (χ0n) is 11.5. The third-order valence-corrected chi connectivity index (χ3v) is 4.07. The highest BCUT2D eigenvalue weighted by molar-refractivity contribution is 5.89.